The SMILES string of the molecule is COc1ccc(S(=O)(=O)N(CC(=O)OCc2ccccc2)C2CCC(=O)CC2)cc1. The summed E-state index contributed by atoms with van der Waals surface area (Å²) in [4.78, 5) is 24.2. The molecule has 1 fully saturated rings. The summed E-state index contributed by atoms with van der Waals surface area (Å²) in [6.45, 7) is -0.334. The minimum Gasteiger partial charge on any atom is -0.497 e. The lowest BCUT2D eigenvalue weighted by molar-refractivity contribution is -0.145. The van der Waals surface area contributed by atoms with Crippen LogP contribution in [-0.2, 0) is 31.0 Å². The molecular weight excluding hydrogens is 406 g/mol. The fraction of sp³-hybridized carbons (Fsp3) is 0.364. The van der Waals surface area contributed by atoms with E-state index in [4.69, 9.17) is 9.47 Å². The highest BCUT2D eigenvalue weighted by molar-refractivity contribution is 7.89. The molecule has 2 aromatic rings. The molecule has 1 aliphatic rings. The van der Waals surface area contributed by atoms with Gasteiger partial charge in [0.1, 0.15) is 24.7 Å². The van der Waals surface area contributed by atoms with E-state index in [2.05, 4.69) is 0 Å². The van der Waals surface area contributed by atoms with Crippen LogP contribution in [0.2, 0.25) is 0 Å². The summed E-state index contributed by atoms with van der Waals surface area (Å²) < 4.78 is 38.2. The molecule has 0 N–H and O–H groups in total. The molecule has 0 aliphatic heterocycles. The third-order valence-electron chi connectivity index (χ3n) is 5.11. The fourth-order valence-corrected chi connectivity index (χ4v) is 5.05. The molecular formula is C22H25NO6S. The van der Waals surface area contributed by atoms with Crippen molar-refractivity contribution in [3.05, 3.63) is 60.2 Å². The molecule has 0 heterocycles. The molecule has 0 atom stereocenters. The number of ether oxygens (including phenoxy) is 2. The van der Waals surface area contributed by atoms with Crippen molar-refractivity contribution in [2.45, 2.75) is 43.2 Å². The third kappa shape index (κ3) is 5.46. The predicted molar refractivity (Wildman–Crippen MR) is 110 cm³/mol. The summed E-state index contributed by atoms with van der Waals surface area (Å²) in [7, 11) is -2.46. The average molecular weight is 432 g/mol. The maximum atomic E-state index is 13.3. The summed E-state index contributed by atoms with van der Waals surface area (Å²) in [5.41, 5.74) is 0.818. The summed E-state index contributed by atoms with van der Waals surface area (Å²) in [5.74, 6) is 0.0126. The molecule has 2 aromatic carbocycles. The predicted octanol–water partition coefficient (Wildman–Crippen LogP) is 2.94. The number of methoxy groups -OCH3 is 1. The molecule has 0 radical (unpaired) electrons. The Kier molecular flexibility index (Phi) is 7.23. The number of esters is 1. The van der Waals surface area contributed by atoms with Crippen LogP contribution in [0.3, 0.4) is 0 Å². The molecule has 3 rings (SSSR count). The third-order valence-corrected chi connectivity index (χ3v) is 7.03. The monoisotopic (exact) mass is 431 g/mol. The van der Waals surface area contributed by atoms with Crippen LogP contribution < -0.4 is 4.74 Å². The van der Waals surface area contributed by atoms with Gasteiger partial charge in [0.2, 0.25) is 10.0 Å². The molecule has 0 saturated heterocycles. The van der Waals surface area contributed by atoms with Crippen molar-refractivity contribution < 1.29 is 27.5 Å². The van der Waals surface area contributed by atoms with Crippen LogP contribution in [0.4, 0.5) is 0 Å². The first kappa shape index (κ1) is 22.0. The first-order valence-corrected chi connectivity index (χ1v) is 11.2. The highest BCUT2D eigenvalue weighted by atomic mass is 32.2. The van der Waals surface area contributed by atoms with Gasteiger partial charge in [0.05, 0.1) is 12.0 Å². The van der Waals surface area contributed by atoms with E-state index in [-0.39, 0.29) is 17.3 Å². The summed E-state index contributed by atoms with van der Waals surface area (Å²) in [5, 5.41) is 0. The van der Waals surface area contributed by atoms with E-state index in [0.717, 1.165) is 5.56 Å². The zero-order valence-electron chi connectivity index (χ0n) is 16.8. The molecule has 1 aliphatic carbocycles. The molecule has 0 amide bonds. The van der Waals surface area contributed by atoms with Crippen LogP contribution in [0.15, 0.2) is 59.5 Å². The van der Waals surface area contributed by atoms with Gasteiger partial charge in [0.25, 0.3) is 0 Å². The lowest BCUT2D eigenvalue weighted by atomic mass is 9.94. The van der Waals surface area contributed by atoms with Crippen LogP contribution >= 0.6 is 0 Å². The highest BCUT2D eigenvalue weighted by Crippen LogP contribution is 2.27. The fourth-order valence-electron chi connectivity index (χ4n) is 3.42. The molecule has 1 saturated carbocycles. The Morgan fingerprint density at radius 1 is 1.03 bits per heavy atom. The first-order valence-electron chi connectivity index (χ1n) is 9.77. The number of sulfonamides is 1. The largest absolute Gasteiger partial charge is 0.497 e. The van der Waals surface area contributed by atoms with Crippen LogP contribution in [0.25, 0.3) is 0 Å². The number of ketones is 1. The van der Waals surface area contributed by atoms with Gasteiger partial charge in [0, 0.05) is 18.9 Å². The lowest BCUT2D eigenvalue weighted by Gasteiger charge is -2.32. The van der Waals surface area contributed by atoms with E-state index in [0.29, 0.717) is 31.4 Å². The Morgan fingerprint density at radius 3 is 2.27 bits per heavy atom. The second-order valence-electron chi connectivity index (χ2n) is 7.14. The van der Waals surface area contributed by atoms with Gasteiger partial charge >= 0.3 is 5.97 Å². The van der Waals surface area contributed by atoms with Crippen LogP contribution in [0, 0.1) is 0 Å². The molecule has 160 valence electrons. The van der Waals surface area contributed by atoms with Gasteiger partial charge in [-0.05, 0) is 42.7 Å². The van der Waals surface area contributed by atoms with Gasteiger partial charge in [-0.15, -0.1) is 0 Å². The van der Waals surface area contributed by atoms with E-state index in [9.17, 15) is 18.0 Å². The lowest BCUT2D eigenvalue weighted by Crippen LogP contribution is -2.45. The number of carbonyl (C=O) groups is 2. The Balaban J connectivity index is 1.78. The van der Waals surface area contributed by atoms with Gasteiger partial charge in [-0.1, -0.05) is 30.3 Å². The van der Waals surface area contributed by atoms with Crippen molar-refractivity contribution in [3.63, 3.8) is 0 Å². The Hall–Kier alpha value is -2.71. The van der Waals surface area contributed by atoms with Crippen molar-refractivity contribution in [1.82, 2.24) is 4.31 Å². The van der Waals surface area contributed by atoms with Crippen molar-refractivity contribution in [3.8, 4) is 5.75 Å². The number of Topliss-reactive ketones (excluding diaryl/α,β-unsaturated/α-hetero) is 1. The molecule has 30 heavy (non-hydrogen) atoms. The maximum absolute atomic E-state index is 13.3. The van der Waals surface area contributed by atoms with Crippen LogP contribution in [0.5, 0.6) is 5.75 Å². The van der Waals surface area contributed by atoms with Gasteiger partial charge in [0.15, 0.2) is 0 Å². The van der Waals surface area contributed by atoms with Gasteiger partial charge < -0.3 is 9.47 Å². The average Bonchev–Trinajstić information content (AvgIpc) is 2.77. The Morgan fingerprint density at radius 2 is 1.67 bits per heavy atom. The van der Waals surface area contributed by atoms with E-state index in [1.165, 1.54) is 23.5 Å². The Bertz CT molecular complexity index is 962. The van der Waals surface area contributed by atoms with E-state index < -0.39 is 28.6 Å². The number of rotatable bonds is 8. The summed E-state index contributed by atoms with van der Waals surface area (Å²) in [6, 6.07) is 14.8. The highest BCUT2D eigenvalue weighted by Gasteiger charge is 2.35. The van der Waals surface area contributed by atoms with E-state index >= 15 is 0 Å². The number of nitrogens with zero attached hydrogens (tertiary/aromatic N) is 1. The van der Waals surface area contributed by atoms with Gasteiger partial charge in [-0.3, -0.25) is 9.59 Å². The number of hydrogen-bond donors (Lipinski definition) is 0. The molecule has 0 unspecified atom stereocenters. The first-order chi connectivity index (χ1) is 14.4. The maximum Gasteiger partial charge on any atom is 0.321 e. The second kappa shape index (κ2) is 9.86. The second-order valence-corrected chi connectivity index (χ2v) is 9.03. The topological polar surface area (TPSA) is 90.0 Å². The summed E-state index contributed by atoms with van der Waals surface area (Å²) in [6.07, 6.45) is 1.39. The molecule has 0 aromatic heterocycles. The number of hydrogen-bond acceptors (Lipinski definition) is 6. The minimum absolute atomic E-state index is 0.0658. The smallest absolute Gasteiger partial charge is 0.321 e. The standard InChI is InChI=1S/C22H25NO6S/c1-28-20-11-13-21(14-12-20)30(26,27)23(18-7-9-19(24)10-8-18)15-22(25)29-16-17-5-3-2-4-6-17/h2-6,11-14,18H,7-10,15-16H2,1H3. The van der Waals surface area contributed by atoms with Crippen molar-refractivity contribution in [2.75, 3.05) is 13.7 Å². The molecule has 0 bridgehead atoms. The molecule has 7 nitrogen and oxygen atoms in total. The summed E-state index contributed by atoms with van der Waals surface area (Å²) >= 11 is 0. The van der Waals surface area contributed by atoms with Crippen molar-refractivity contribution in [2.24, 2.45) is 0 Å². The number of benzene rings is 2. The van der Waals surface area contributed by atoms with E-state index in [1.54, 1.807) is 12.1 Å². The zero-order chi connectivity index (χ0) is 21.6. The van der Waals surface area contributed by atoms with Gasteiger partial charge in [-0.25, -0.2) is 8.42 Å². The van der Waals surface area contributed by atoms with Crippen LogP contribution in [0.1, 0.15) is 31.2 Å². The quantitative estimate of drug-likeness (QED) is 0.597. The van der Waals surface area contributed by atoms with Crippen LogP contribution in [-0.4, -0.2) is 44.2 Å². The van der Waals surface area contributed by atoms with Gasteiger partial charge in [-0.2, -0.15) is 4.31 Å². The van der Waals surface area contributed by atoms with Crippen molar-refractivity contribution >= 4 is 21.8 Å². The zero-order valence-corrected chi connectivity index (χ0v) is 17.6. The number of carbonyl (C=O) groups excluding carboxylic acids is 2. The van der Waals surface area contributed by atoms with Crippen molar-refractivity contribution in [1.29, 1.82) is 0 Å². The molecule has 8 heteroatoms. The van der Waals surface area contributed by atoms with E-state index in [1.807, 2.05) is 30.3 Å². The normalized spacial score (nSPS) is 15.2. The Labute approximate surface area is 176 Å². The minimum atomic E-state index is -3.96. The molecule has 0 spiro atoms.